The quantitative estimate of drug-likeness (QED) is 0.502. The van der Waals surface area contributed by atoms with Gasteiger partial charge in [-0.25, -0.2) is 4.98 Å². The Hall–Kier alpha value is -2.98. The molecule has 3 aromatic heterocycles. The Morgan fingerprint density at radius 2 is 1.81 bits per heavy atom. The molecule has 0 spiro atoms. The highest BCUT2D eigenvalue weighted by Crippen LogP contribution is 2.38. The third-order valence-corrected chi connectivity index (χ3v) is 5.04. The van der Waals surface area contributed by atoms with Gasteiger partial charge in [0.1, 0.15) is 5.82 Å². The first-order chi connectivity index (χ1) is 12.9. The molecule has 3 saturated heterocycles. The molecule has 3 aromatic rings. The van der Waals surface area contributed by atoms with Crippen molar-refractivity contribution in [2.45, 2.75) is 24.7 Å². The number of nitrogens with zero attached hydrogens (tertiary/aromatic N) is 7. The van der Waals surface area contributed by atoms with Crippen molar-refractivity contribution in [3.05, 3.63) is 42.2 Å². The molecule has 27 heavy (non-hydrogen) atoms. The number of pyridine rings is 1. The Labute approximate surface area is 150 Å². The summed E-state index contributed by atoms with van der Waals surface area (Å²) in [5.41, 5.74) is 0.795. The minimum absolute atomic E-state index is 0.0469. The van der Waals surface area contributed by atoms with Crippen LogP contribution in [0.3, 0.4) is 0 Å². The summed E-state index contributed by atoms with van der Waals surface area (Å²) in [5, 5.41) is 10.9. The summed E-state index contributed by atoms with van der Waals surface area (Å²) in [6.45, 7) is 1.27. The lowest BCUT2D eigenvalue weighted by Gasteiger charge is -2.57. The Kier molecular flexibility index (Phi) is 3.31. The van der Waals surface area contributed by atoms with Crippen LogP contribution in [0.25, 0.3) is 5.65 Å². The number of halogens is 4. The molecule has 3 fully saturated rings. The van der Waals surface area contributed by atoms with E-state index >= 15 is 0 Å². The van der Waals surface area contributed by atoms with Gasteiger partial charge in [0.2, 0.25) is 5.95 Å². The summed E-state index contributed by atoms with van der Waals surface area (Å²) in [4.78, 5) is 7.62. The van der Waals surface area contributed by atoms with E-state index in [4.69, 9.17) is 0 Å². The lowest BCUT2D eigenvalue weighted by molar-refractivity contribution is -0.146. The van der Waals surface area contributed by atoms with Crippen LogP contribution in [-0.2, 0) is 6.18 Å². The second kappa shape index (κ2) is 5.51. The summed E-state index contributed by atoms with van der Waals surface area (Å²) in [6, 6.07) is 6.45. The molecule has 0 radical (unpaired) electrons. The van der Waals surface area contributed by atoms with Crippen molar-refractivity contribution in [2.24, 2.45) is 0 Å². The molecule has 0 amide bonds. The molecule has 140 valence electrons. The highest BCUT2D eigenvalue weighted by Gasteiger charge is 2.46. The van der Waals surface area contributed by atoms with E-state index in [1.54, 1.807) is 12.1 Å². The van der Waals surface area contributed by atoms with Crippen LogP contribution in [0.2, 0.25) is 0 Å². The van der Waals surface area contributed by atoms with Crippen molar-refractivity contribution in [3.8, 4) is 0 Å². The van der Waals surface area contributed by atoms with Gasteiger partial charge in [-0.15, -0.1) is 15.3 Å². The molecule has 6 rings (SSSR count). The predicted octanol–water partition coefficient (Wildman–Crippen LogP) is 2.14. The monoisotopic (exact) mass is 379 g/mol. The average molecular weight is 379 g/mol. The van der Waals surface area contributed by atoms with E-state index in [0.29, 0.717) is 18.9 Å². The maximum Gasteiger partial charge on any atom is 0.453 e. The van der Waals surface area contributed by atoms with Gasteiger partial charge in [0.15, 0.2) is 5.65 Å². The molecule has 2 bridgehead atoms. The van der Waals surface area contributed by atoms with E-state index in [1.807, 2.05) is 4.90 Å². The van der Waals surface area contributed by atoms with E-state index < -0.39 is 17.9 Å². The smallest absolute Gasteiger partial charge is 0.367 e. The number of fused-ring (bicyclic) bond motifs is 3. The number of piperazine rings is 1. The van der Waals surface area contributed by atoms with Crippen molar-refractivity contribution >= 4 is 17.2 Å². The second-order valence-electron chi connectivity index (χ2n) is 6.68. The minimum atomic E-state index is -4.63. The molecule has 0 saturated carbocycles. The summed E-state index contributed by atoms with van der Waals surface area (Å²) in [5.74, 6) is -1.23. The predicted molar refractivity (Wildman–Crippen MR) is 86.9 cm³/mol. The topological polar surface area (TPSA) is 62.5 Å². The van der Waals surface area contributed by atoms with Crippen LogP contribution in [0.4, 0.5) is 29.1 Å². The molecule has 2 atom stereocenters. The fourth-order valence-corrected chi connectivity index (χ4v) is 3.88. The summed E-state index contributed by atoms with van der Waals surface area (Å²) in [7, 11) is 0. The van der Waals surface area contributed by atoms with E-state index in [2.05, 4.69) is 25.2 Å². The van der Waals surface area contributed by atoms with Crippen LogP contribution in [-0.4, -0.2) is 50.0 Å². The van der Waals surface area contributed by atoms with Crippen LogP contribution in [0.15, 0.2) is 30.5 Å². The largest absolute Gasteiger partial charge is 0.453 e. The number of hydrogen-bond donors (Lipinski definition) is 0. The third-order valence-electron chi connectivity index (χ3n) is 5.04. The number of rotatable bonds is 2. The standard InChI is InChI=1S/C16H13F4N7/c17-12-6-9(3-4-21-12)25-7-10-5-11(8-25)26(10)14-2-1-13-22-23-15(16(18,19)20)27(13)24-14/h1-4,6,10-11H,5,7-8H2. The van der Waals surface area contributed by atoms with E-state index in [9.17, 15) is 17.6 Å². The Balaban J connectivity index is 1.42. The van der Waals surface area contributed by atoms with Gasteiger partial charge in [0.25, 0.3) is 5.82 Å². The zero-order chi connectivity index (χ0) is 18.8. The lowest BCUT2D eigenvalue weighted by Crippen LogP contribution is -2.69. The maximum atomic E-state index is 13.4. The van der Waals surface area contributed by atoms with E-state index in [1.165, 1.54) is 18.3 Å². The zero-order valence-corrected chi connectivity index (χ0v) is 13.8. The van der Waals surface area contributed by atoms with Gasteiger partial charge < -0.3 is 9.80 Å². The van der Waals surface area contributed by atoms with Crippen LogP contribution >= 0.6 is 0 Å². The average Bonchev–Trinajstić information content (AvgIpc) is 3.05. The van der Waals surface area contributed by atoms with Crippen LogP contribution in [0, 0.1) is 5.95 Å². The molecule has 3 aliphatic heterocycles. The Morgan fingerprint density at radius 1 is 1.04 bits per heavy atom. The van der Waals surface area contributed by atoms with Crippen molar-refractivity contribution in [1.82, 2.24) is 24.8 Å². The number of piperidine rings is 1. The van der Waals surface area contributed by atoms with Crippen LogP contribution in [0.1, 0.15) is 12.2 Å². The van der Waals surface area contributed by atoms with Gasteiger partial charge >= 0.3 is 6.18 Å². The number of aromatic nitrogens is 5. The number of anilines is 2. The summed E-state index contributed by atoms with van der Waals surface area (Å²) < 4.78 is 53.3. The van der Waals surface area contributed by atoms with Crippen molar-refractivity contribution in [3.63, 3.8) is 0 Å². The van der Waals surface area contributed by atoms with Crippen LogP contribution < -0.4 is 9.80 Å². The number of alkyl halides is 3. The first-order valence-electron chi connectivity index (χ1n) is 8.34. The summed E-state index contributed by atoms with van der Waals surface area (Å²) in [6.07, 6.45) is -2.29. The lowest BCUT2D eigenvalue weighted by atomic mass is 9.87. The summed E-state index contributed by atoms with van der Waals surface area (Å²) >= 11 is 0. The van der Waals surface area contributed by atoms with Gasteiger partial charge in [-0.3, -0.25) is 0 Å². The third kappa shape index (κ3) is 2.56. The highest BCUT2D eigenvalue weighted by atomic mass is 19.4. The minimum Gasteiger partial charge on any atom is -0.367 e. The molecule has 7 nitrogen and oxygen atoms in total. The molecule has 6 heterocycles. The fraction of sp³-hybridized carbons (Fsp3) is 0.375. The molecular formula is C16H13F4N7. The van der Waals surface area contributed by atoms with Crippen molar-refractivity contribution in [1.29, 1.82) is 0 Å². The van der Waals surface area contributed by atoms with E-state index in [-0.39, 0.29) is 17.7 Å². The Morgan fingerprint density at radius 3 is 2.52 bits per heavy atom. The van der Waals surface area contributed by atoms with Crippen molar-refractivity contribution in [2.75, 3.05) is 22.9 Å². The Bertz CT molecular complexity index is 1010. The fourth-order valence-electron chi connectivity index (χ4n) is 3.88. The van der Waals surface area contributed by atoms with Gasteiger partial charge in [0.05, 0.1) is 12.1 Å². The van der Waals surface area contributed by atoms with Crippen LogP contribution in [0.5, 0.6) is 0 Å². The maximum absolute atomic E-state index is 13.4. The van der Waals surface area contributed by atoms with E-state index in [0.717, 1.165) is 16.6 Å². The van der Waals surface area contributed by atoms with Gasteiger partial charge in [-0.1, -0.05) is 0 Å². The first kappa shape index (κ1) is 16.2. The molecule has 2 unspecified atom stereocenters. The van der Waals surface area contributed by atoms with Gasteiger partial charge in [-0.2, -0.15) is 22.1 Å². The van der Waals surface area contributed by atoms with Gasteiger partial charge in [-0.05, 0) is 24.6 Å². The van der Waals surface area contributed by atoms with Gasteiger partial charge in [0, 0.05) is 31.0 Å². The normalized spacial score (nSPS) is 22.2. The highest BCUT2D eigenvalue weighted by molar-refractivity contribution is 5.55. The SMILES string of the molecule is Fc1cc(N2CC3CC(C2)N3c2ccc3nnc(C(F)(F)F)n3n2)ccn1. The van der Waals surface area contributed by atoms with Crippen molar-refractivity contribution < 1.29 is 17.6 Å². The molecule has 11 heteroatoms. The first-order valence-corrected chi connectivity index (χ1v) is 8.34. The zero-order valence-electron chi connectivity index (χ0n) is 13.8. The number of hydrogen-bond acceptors (Lipinski definition) is 6. The molecule has 0 aliphatic carbocycles. The molecule has 3 aliphatic rings. The molecular weight excluding hydrogens is 366 g/mol. The second-order valence-corrected chi connectivity index (χ2v) is 6.68. The molecule has 0 aromatic carbocycles. The molecule has 0 N–H and O–H groups in total.